The zero-order valence-electron chi connectivity index (χ0n) is 6.63. The van der Waals surface area contributed by atoms with Gasteiger partial charge in [-0.15, -0.1) is 0 Å². The largest absolute Gasteiger partial charge is 0.375 e. The van der Waals surface area contributed by atoms with Crippen LogP contribution >= 0.6 is 11.3 Å². The van der Waals surface area contributed by atoms with Crippen LogP contribution in [0.5, 0.6) is 0 Å². The maximum Gasteiger partial charge on any atom is 0.277 e. The predicted octanol–water partition coefficient (Wildman–Crippen LogP) is -0.109. The molecule has 0 spiro atoms. The van der Waals surface area contributed by atoms with E-state index in [0.29, 0.717) is 22.1 Å². The molecule has 1 rings (SSSR count). The van der Waals surface area contributed by atoms with Crippen molar-refractivity contribution < 1.29 is 4.79 Å². The molecule has 5 N–H and O–H groups in total. The minimum absolute atomic E-state index is 0.332. The lowest BCUT2D eigenvalue weighted by Crippen LogP contribution is -2.30. The van der Waals surface area contributed by atoms with Gasteiger partial charge in [-0.1, -0.05) is 18.3 Å². The van der Waals surface area contributed by atoms with Crippen LogP contribution in [0.25, 0.3) is 0 Å². The van der Waals surface area contributed by atoms with Crippen LogP contribution in [0.1, 0.15) is 22.3 Å². The molecule has 12 heavy (non-hydrogen) atoms. The van der Waals surface area contributed by atoms with Crippen molar-refractivity contribution in [2.45, 2.75) is 13.3 Å². The van der Waals surface area contributed by atoms with Gasteiger partial charge in [-0.2, -0.15) is 0 Å². The van der Waals surface area contributed by atoms with Crippen molar-refractivity contribution in [3.63, 3.8) is 0 Å². The van der Waals surface area contributed by atoms with Gasteiger partial charge in [0.25, 0.3) is 5.91 Å². The number of nitrogen functional groups attached to an aromatic ring is 2. The van der Waals surface area contributed by atoms with Crippen LogP contribution in [0.15, 0.2) is 0 Å². The summed E-state index contributed by atoms with van der Waals surface area (Å²) in [5.41, 5.74) is 8.17. The van der Waals surface area contributed by atoms with Gasteiger partial charge in [-0.3, -0.25) is 10.2 Å². The normalized spacial score (nSPS) is 9.83. The first-order valence-electron chi connectivity index (χ1n) is 3.45. The van der Waals surface area contributed by atoms with Gasteiger partial charge >= 0.3 is 0 Å². The SMILES string of the molecule is CCc1nc(N)sc1C(=O)NN. The van der Waals surface area contributed by atoms with Crippen LogP contribution < -0.4 is 17.0 Å². The lowest BCUT2D eigenvalue weighted by Gasteiger charge is -1.95. The van der Waals surface area contributed by atoms with Gasteiger partial charge in [-0.05, 0) is 6.42 Å². The van der Waals surface area contributed by atoms with Gasteiger partial charge in [-0.25, -0.2) is 10.8 Å². The molecule has 0 radical (unpaired) electrons. The van der Waals surface area contributed by atoms with Crippen molar-refractivity contribution in [1.82, 2.24) is 10.4 Å². The fraction of sp³-hybridized carbons (Fsp3) is 0.333. The molecule has 1 aromatic rings. The number of hydrazine groups is 1. The topological polar surface area (TPSA) is 94.0 Å². The highest BCUT2D eigenvalue weighted by molar-refractivity contribution is 7.17. The zero-order valence-corrected chi connectivity index (χ0v) is 7.44. The number of amides is 1. The van der Waals surface area contributed by atoms with Gasteiger partial charge in [0, 0.05) is 0 Å². The summed E-state index contributed by atoms with van der Waals surface area (Å²) in [4.78, 5) is 15.6. The number of thiazole rings is 1. The Morgan fingerprint density at radius 1 is 1.75 bits per heavy atom. The molecule has 0 bridgehead atoms. The number of aromatic nitrogens is 1. The maximum atomic E-state index is 11.1. The maximum absolute atomic E-state index is 11.1. The van der Waals surface area contributed by atoms with E-state index in [2.05, 4.69) is 4.98 Å². The first kappa shape index (κ1) is 8.95. The highest BCUT2D eigenvalue weighted by Crippen LogP contribution is 2.20. The molecule has 0 aliphatic rings. The molecular weight excluding hydrogens is 176 g/mol. The molecule has 0 aliphatic heterocycles. The van der Waals surface area contributed by atoms with Crippen LogP contribution in [-0.4, -0.2) is 10.9 Å². The average Bonchev–Trinajstić information content (AvgIpc) is 2.45. The van der Waals surface area contributed by atoms with Gasteiger partial charge < -0.3 is 5.73 Å². The molecule has 1 aromatic heterocycles. The van der Waals surface area contributed by atoms with Crippen molar-refractivity contribution in [2.24, 2.45) is 5.84 Å². The Morgan fingerprint density at radius 3 is 2.92 bits per heavy atom. The lowest BCUT2D eigenvalue weighted by molar-refractivity contribution is 0.0956. The third-order valence-electron chi connectivity index (χ3n) is 1.39. The van der Waals surface area contributed by atoms with E-state index in [1.807, 2.05) is 12.3 Å². The fourth-order valence-corrected chi connectivity index (χ4v) is 1.68. The number of nitrogens with zero attached hydrogens (tertiary/aromatic N) is 1. The first-order valence-corrected chi connectivity index (χ1v) is 4.26. The van der Waals surface area contributed by atoms with Crippen molar-refractivity contribution in [2.75, 3.05) is 5.73 Å². The molecule has 0 atom stereocenters. The number of rotatable bonds is 2. The van der Waals surface area contributed by atoms with Crippen LogP contribution in [0.4, 0.5) is 5.13 Å². The van der Waals surface area contributed by atoms with Crippen LogP contribution in [0.3, 0.4) is 0 Å². The molecule has 0 saturated heterocycles. The molecule has 0 fully saturated rings. The Kier molecular flexibility index (Phi) is 2.61. The van der Waals surface area contributed by atoms with Crippen LogP contribution in [-0.2, 0) is 6.42 Å². The average molecular weight is 186 g/mol. The van der Waals surface area contributed by atoms with E-state index in [4.69, 9.17) is 11.6 Å². The molecular formula is C6H10N4OS. The third kappa shape index (κ3) is 1.54. The second-order valence-electron chi connectivity index (χ2n) is 2.15. The summed E-state index contributed by atoms with van der Waals surface area (Å²) in [5, 5.41) is 0.394. The number of nitrogens with two attached hydrogens (primary N) is 2. The van der Waals surface area contributed by atoms with Crippen LogP contribution in [0.2, 0.25) is 0 Å². The number of hydrogen-bond donors (Lipinski definition) is 3. The molecule has 6 heteroatoms. The summed E-state index contributed by atoms with van der Waals surface area (Å²) in [6, 6.07) is 0. The summed E-state index contributed by atoms with van der Waals surface area (Å²) in [7, 11) is 0. The minimum atomic E-state index is -0.332. The molecule has 66 valence electrons. The Labute approximate surface area is 73.7 Å². The second-order valence-corrected chi connectivity index (χ2v) is 3.19. The van der Waals surface area contributed by atoms with E-state index < -0.39 is 0 Å². The Morgan fingerprint density at radius 2 is 2.42 bits per heavy atom. The standard InChI is InChI=1S/C6H10N4OS/c1-2-3-4(5(11)10-8)12-6(7)9-3/h2,8H2,1H3,(H2,7,9)(H,10,11). The second kappa shape index (κ2) is 3.51. The lowest BCUT2D eigenvalue weighted by atomic mass is 10.3. The number of carbonyl (C=O) groups excluding carboxylic acids is 1. The van der Waals surface area contributed by atoms with Gasteiger partial charge in [0.2, 0.25) is 0 Å². The number of aryl methyl sites for hydroxylation is 1. The van der Waals surface area contributed by atoms with Crippen molar-refractivity contribution in [3.8, 4) is 0 Å². The van der Waals surface area contributed by atoms with Gasteiger partial charge in [0.05, 0.1) is 5.69 Å². The minimum Gasteiger partial charge on any atom is -0.375 e. The fourth-order valence-electron chi connectivity index (χ4n) is 0.853. The van der Waals surface area contributed by atoms with Gasteiger partial charge in [0.15, 0.2) is 5.13 Å². The molecule has 0 unspecified atom stereocenters. The Balaban J connectivity index is 3.04. The predicted molar refractivity (Wildman–Crippen MR) is 47.6 cm³/mol. The quantitative estimate of drug-likeness (QED) is 0.341. The monoisotopic (exact) mass is 186 g/mol. The van der Waals surface area contributed by atoms with E-state index in [0.717, 1.165) is 11.3 Å². The van der Waals surface area contributed by atoms with Crippen molar-refractivity contribution in [3.05, 3.63) is 10.6 Å². The molecule has 0 aromatic carbocycles. The molecule has 0 aliphatic carbocycles. The van der Waals surface area contributed by atoms with E-state index in [9.17, 15) is 4.79 Å². The Bertz CT molecular complexity index is 296. The molecule has 1 heterocycles. The first-order chi connectivity index (χ1) is 5.69. The Hall–Kier alpha value is -1.14. The van der Waals surface area contributed by atoms with Gasteiger partial charge in [0.1, 0.15) is 4.88 Å². The third-order valence-corrected chi connectivity index (χ3v) is 2.31. The zero-order chi connectivity index (χ0) is 9.14. The number of anilines is 1. The van der Waals surface area contributed by atoms with Crippen LogP contribution in [0, 0.1) is 0 Å². The smallest absolute Gasteiger partial charge is 0.277 e. The summed E-state index contributed by atoms with van der Waals surface area (Å²) in [6.07, 6.45) is 0.677. The van der Waals surface area contributed by atoms with Crippen molar-refractivity contribution >= 4 is 22.4 Å². The number of carbonyl (C=O) groups is 1. The van der Waals surface area contributed by atoms with E-state index in [-0.39, 0.29) is 5.91 Å². The van der Waals surface area contributed by atoms with E-state index in [1.165, 1.54) is 0 Å². The summed E-state index contributed by atoms with van der Waals surface area (Å²) in [5.74, 6) is 4.64. The molecule has 5 nitrogen and oxygen atoms in total. The highest BCUT2D eigenvalue weighted by atomic mass is 32.1. The van der Waals surface area contributed by atoms with E-state index >= 15 is 0 Å². The molecule has 1 amide bonds. The highest BCUT2D eigenvalue weighted by Gasteiger charge is 2.14. The summed E-state index contributed by atoms with van der Waals surface area (Å²) >= 11 is 1.15. The molecule has 0 saturated carbocycles. The number of hydrogen-bond acceptors (Lipinski definition) is 5. The number of nitrogens with one attached hydrogen (secondary N) is 1. The van der Waals surface area contributed by atoms with Crippen molar-refractivity contribution in [1.29, 1.82) is 0 Å². The van der Waals surface area contributed by atoms with E-state index in [1.54, 1.807) is 0 Å². The summed E-state index contributed by atoms with van der Waals surface area (Å²) < 4.78 is 0. The summed E-state index contributed by atoms with van der Waals surface area (Å²) in [6.45, 7) is 1.90.